The van der Waals surface area contributed by atoms with Crippen molar-refractivity contribution in [1.29, 1.82) is 0 Å². The third kappa shape index (κ3) is 3.50. The first kappa shape index (κ1) is 15.5. The van der Waals surface area contributed by atoms with E-state index < -0.39 is 34.3 Å². The fraction of sp³-hybridized carbons (Fsp3) is 0.333. The van der Waals surface area contributed by atoms with Crippen molar-refractivity contribution in [2.75, 3.05) is 0 Å². The van der Waals surface area contributed by atoms with Crippen molar-refractivity contribution in [3.05, 3.63) is 39.7 Å². The number of nitrogens with zero attached hydrogens (tertiary/aromatic N) is 1. The van der Waals surface area contributed by atoms with Crippen LogP contribution in [-0.4, -0.2) is 27.9 Å². The Morgan fingerprint density at radius 3 is 2.45 bits per heavy atom. The molecule has 0 heterocycles. The minimum Gasteiger partial charge on any atom is -0.480 e. The summed E-state index contributed by atoms with van der Waals surface area (Å²) in [6.45, 7) is 3.21. The molecule has 0 aliphatic rings. The van der Waals surface area contributed by atoms with E-state index in [-0.39, 0.29) is 11.5 Å². The number of carbonyl (C=O) groups is 2. The molecule has 1 rings (SSSR count). The molecule has 1 amide bonds. The molecule has 0 aliphatic heterocycles. The van der Waals surface area contributed by atoms with Crippen molar-refractivity contribution in [3.63, 3.8) is 0 Å². The molecule has 1 aromatic rings. The Bertz CT molecular complexity index is 559. The van der Waals surface area contributed by atoms with E-state index in [1.807, 2.05) is 0 Å². The fourth-order valence-electron chi connectivity index (χ4n) is 1.53. The number of carboxylic acids is 1. The van der Waals surface area contributed by atoms with E-state index in [4.69, 9.17) is 5.11 Å². The van der Waals surface area contributed by atoms with E-state index in [2.05, 4.69) is 5.32 Å². The molecule has 1 aromatic carbocycles. The highest BCUT2D eigenvalue weighted by Crippen LogP contribution is 2.18. The third-order valence-corrected chi connectivity index (χ3v) is 2.62. The number of nitrogens with one attached hydrogen (secondary N) is 1. The average Bonchev–Trinajstić information content (AvgIpc) is 2.34. The van der Waals surface area contributed by atoms with Gasteiger partial charge in [0.05, 0.1) is 4.92 Å². The first-order chi connectivity index (χ1) is 9.23. The number of nitro benzene ring substituents is 1. The molecule has 20 heavy (non-hydrogen) atoms. The topological polar surface area (TPSA) is 110 Å². The highest BCUT2D eigenvalue weighted by molar-refractivity contribution is 5.97. The standard InChI is InChI=1S/C12H13FN2O5/c1-6(2)10(12(17)18)14-11(16)7-3-4-8(13)9(5-7)15(19)20/h3-6,10H,1-2H3,(H,14,16)(H,17,18)/t10-/m0/s1. The third-order valence-electron chi connectivity index (χ3n) is 2.62. The Kier molecular flexibility index (Phi) is 4.73. The summed E-state index contributed by atoms with van der Waals surface area (Å²) in [4.78, 5) is 32.4. The minimum absolute atomic E-state index is 0.176. The average molecular weight is 284 g/mol. The lowest BCUT2D eigenvalue weighted by Crippen LogP contribution is -2.44. The first-order valence-electron chi connectivity index (χ1n) is 5.71. The summed E-state index contributed by atoms with van der Waals surface area (Å²) in [5.74, 6) is -3.46. The van der Waals surface area contributed by atoms with Crippen LogP contribution in [0.25, 0.3) is 0 Å². The largest absolute Gasteiger partial charge is 0.480 e. The zero-order valence-electron chi connectivity index (χ0n) is 10.8. The van der Waals surface area contributed by atoms with Gasteiger partial charge in [0, 0.05) is 11.6 Å². The molecule has 0 fully saturated rings. The number of benzene rings is 1. The van der Waals surface area contributed by atoms with Gasteiger partial charge in [0.1, 0.15) is 6.04 Å². The molecule has 1 atom stereocenters. The number of hydrogen-bond donors (Lipinski definition) is 2. The smallest absolute Gasteiger partial charge is 0.326 e. The highest BCUT2D eigenvalue weighted by atomic mass is 19.1. The van der Waals surface area contributed by atoms with Gasteiger partial charge in [-0.1, -0.05) is 13.8 Å². The second kappa shape index (κ2) is 6.09. The molecule has 0 spiro atoms. The number of carbonyl (C=O) groups excluding carboxylic acids is 1. The number of carboxylic acid groups (broad SMARTS) is 1. The quantitative estimate of drug-likeness (QED) is 0.630. The Morgan fingerprint density at radius 1 is 1.40 bits per heavy atom. The number of hydrogen-bond acceptors (Lipinski definition) is 4. The van der Waals surface area contributed by atoms with E-state index in [1.54, 1.807) is 13.8 Å². The van der Waals surface area contributed by atoms with Gasteiger partial charge in [-0.3, -0.25) is 14.9 Å². The molecule has 108 valence electrons. The summed E-state index contributed by atoms with van der Waals surface area (Å²) in [5.41, 5.74) is -1.01. The van der Waals surface area contributed by atoms with Gasteiger partial charge >= 0.3 is 11.7 Å². The Hall–Kier alpha value is -2.51. The van der Waals surface area contributed by atoms with Gasteiger partial charge in [0.2, 0.25) is 5.82 Å². The maximum atomic E-state index is 13.1. The number of amides is 1. The van der Waals surface area contributed by atoms with Gasteiger partial charge in [0.15, 0.2) is 0 Å². The van der Waals surface area contributed by atoms with E-state index in [0.29, 0.717) is 0 Å². The predicted octanol–water partition coefficient (Wildman–Crippen LogP) is 1.57. The number of rotatable bonds is 5. The Labute approximate surface area is 113 Å². The SMILES string of the molecule is CC(C)[C@H](NC(=O)c1ccc(F)c([N+](=O)[O-])c1)C(=O)O. The van der Waals surface area contributed by atoms with Gasteiger partial charge in [0.25, 0.3) is 5.91 Å². The fourth-order valence-corrected chi connectivity index (χ4v) is 1.53. The molecule has 0 saturated carbocycles. The van der Waals surface area contributed by atoms with Crippen LogP contribution in [-0.2, 0) is 4.79 Å². The van der Waals surface area contributed by atoms with Crippen LogP contribution in [0.2, 0.25) is 0 Å². The van der Waals surface area contributed by atoms with Gasteiger partial charge in [-0.15, -0.1) is 0 Å². The van der Waals surface area contributed by atoms with Crippen LogP contribution in [0.4, 0.5) is 10.1 Å². The maximum absolute atomic E-state index is 13.1. The van der Waals surface area contributed by atoms with Crippen LogP contribution < -0.4 is 5.32 Å². The van der Waals surface area contributed by atoms with Crippen molar-refractivity contribution < 1.29 is 24.0 Å². The lowest BCUT2D eigenvalue weighted by Gasteiger charge is -2.17. The summed E-state index contributed by atoms with van der Waals surface area (Å²) >= 11 is 0. The Morgan fingerprint density at radius 2 is 2.00 bits per heavy atom. The molecule has 0 aliphatic carbocycles. The zero-order chi connectivity index (χ0) is 15.4. The van der Waals surface area contributed by atoms with Gasteiger partial charge in [-0.2, -0.15) is 4.39 Å². The molecular formula is C12H13FN2O5. The van der Waals surface area contributed by atoms with E-state index in [9.17, 15) is 24.1 Å². The zero-order valence-corrected chi connectivity index (χ0v) is 10.8. The molecule has 0 aromatic heterocycles. The van der Waals surface area contributed by atoms with Crippen LogP contribution in [0.3, 0.4) is 0 Å². The van der Waals surface area contributed by atoms with Crippen molar-refractivity contribution in [2.45, 2.75) is 19.9 Å². The van der Waals surface area contributed by atoms with E-state index in [1.165, 1.54) is 0 Å². The summed E-state index contributed by atoms with van der Waals surface area (Å²) in [5, 5.41) is 21.8. The van der Waals surface area contributed by atoms with Crippen LogP contribution >= 0.6 is 0 Å². The summed E-state index contributed by atoms with van der Waals surface area (Å²) in [6.07, 6.45) is 0. The molecule has 0 saturated heterocycles. The summed E-state index contributed by atoms with van der Waals surface area (Å²) in [7, 11) is 0. The molecule has 8 heteroatoms. The van der Waals surface area contributed by atoms with E-state index in [0.717, 1.165) is 18.2 Å². The number of nitro groups is 1. The van der Waals surface area contributed by atoms with E-state index >= 15 is 0 Å². The van der Waals surface area contributed by atoms with Crippen molar-refractivity contribution in [1.82, 2.24) is 5.32 Å². The second-order valence-electron chi connectivity index (χ2n) is 4.46. The minimum atomic E-state index is -1.22. The molecular weight excluding hydrogens is 271 g/mol. The molecule has 0 bridgehead atoms. The van der Waals surface area contributed by atoms with Crippen LogP contribution in [0.5, 0.6) is 0 Å². The van der Waals surface area contributed by atoms with Gasteiger partial charge in [-0.05, 0) is 18.1 Å². The van der Waals surface area contributed by atoms with Gasteiger partial charge < -0.3 is 10.4 Å². The highest BCUT2D eigenvalue weighted by Gasteiger charge is 2.25. The van der Waals surface area contributed by atoms with Crippen LogP contribution in [0, 0.1) is 21.8 Å². The monoisotopic (exact) mass is 284 g/mol. The lowest BCUT2D eigenvalue weighted by atomic mass is 10.0. The molecule has 0 radical (unpaired) electrons. The van der Waals surface area contributed by atoms with Crippen molar-refractivity contribution >= 4 is 17.6 Å². The molecule has 7 nitrogen and oxygen atoms in total. The molecule has 2 N–H and O–H groups in total. The van der Waals surface area contributed by atoms with Crippen LogP contribution in [0.1, 0.15) is 24.2 Å². The van der Waals surface area contributed by atoms with Gasteiger partial charge in [-0.25, -0.2) is 4.79 Å². The Balaban J connectivity index is 3.01. The van der Waals surface area contributed by atoms with Crippen LogP contribution in [0.15, 0.2) is 18.2 Å². The summed E-state index contributed by atoms with van der Waals surface area (Å²) < 4.78 is 13.1. The molecule has 0 unspecified atom stereocenters. The predicted molar refractivity (Wildman–Crippen MR) is 66.8 cm³/mol. The maximum Gasteiger partial charge on any atom is 0.326 e. The first-order valence-corrected chi connectivity index (χ1v) is 5.71. The second-order valence-corrected chi connectivity index (χ2v) is 4.46. The summed E-state index contributed by atoms with van der Waals surface area (Å²) in [6, 6.07) is 1.48. The van der Waals surface area contributed by atoms with Crippen molar-refractivity contribution in [2.24, 2.45) is 5.92 Å². The number of halogens is 1. The number of aliphatic carboxylic acids is 1. The lowest BCUT2D eigenvalue weighted by molar-refractivity contribution is -0.387. The van der Waals surface area contributed by atoms with Crippen molar-refractivity contribution in [3.8, 4) is 0 Å². The normalized spacial score (nSPS) is 12.0.